The van der Waals surface area contributed by atoms with Gasteiger partial charge in [-0.3, -0.25) is 4.98 Å². The smallest absolute Gasteiger partial charge is 0.408 e. The fourth-order valence-electron chi connectivity index (χ4n) is 4.18. The molecule has 0 saturated heterocycles. The zero-order valence-electron chi connectivity index (χ0n) is 19.1. The number of rotatable bonds is 10. The van der Waals surface area contributed by atoms with Gasteiger partial charge in [0.2, 0.25) is 8.32 Å². The zero-order chi connectivity index (χ0) is 23.2. The molecule has 30 heavy (non-hydrogen) atoms. The predicted octanol–water partition coefficient (Wildman–Crippen LogP) is 5.04. The largest absolute Gasteiger partial charge is 0.479 e. The fourth-order valence-corrected chi connectivity index (χ4v) is 9.67. The molecule has 2 N–H and O–H groups in total. The second kappa shape index (κ2) is 10.9. The van der Waals surface area contributed by atoms with Gasteiger partial charge in [0.15, 0.2) is 6.10 Å². The number of aromatic nitrogens is 1. The molecule has 170 valence electrons. The van der Waals surface area contributed by atoms with E-state index in [1.165, 1.54) is 18.3 Å². The van der Waals surface area contributed by atoms with E-state index in [9.17, 15) is 19.1 Å². The van der Waals surface area contributed by atoms with E-state index in [-0.39, 0.29) is 22.3 Å². The summed E-state index contributed by atoms with van der Waals surface area (Å²) in [4.78, 5) is 28.7. The Morgan fingerprint density at radius 1 is 1.07 bits per heavy atom. The Balaban J connectivity index is 3.52. The van der Waals surface area contributed by atoms with Gasteiger partial charge in [-0.15, -0.1) is 0 Å². The number of amides is 1. The van der Waals surface area contributed by atoms with Crippen LogP contribution in [0.25, 0.3) is 0 Å². The molecule has 0 aromatic carbocycles. The molecule has 1 amide bonds. The monoisotopic (exact) mass is 442 g/mol. The SMILES string of the molecule is CC(C)OC(=O)N[C@@H](c1ncccc1F)[C@@H](O[Si](C(C)C)(C(C)C)C(C)C)C(=O)O. The summed E-state index contributed by atoms with van der Waals surface area (Å²) in [6.07, 6.45) is -1.47. The van der Waals surface area contributed by atoms with Crippen LogP contribution in [0.4, 0.5) is 9.18 Å². The second-order valence-corrected chi connectivity index (χ2v) is 14.0. The third kappa shape index (κ3) is 6.01. The first-order valence-electron chi connectivity index (χ1n) is 10.3. The lowest BCUT2D eigenvalue weighted by Crippen LogP contribution is -2.55. The minimum Gasteiger partial charge on any atom is -0.479 e. The predicted molar refractivity (Wildman–Crippen MR) is 115 cm³/mol. The van der Waals surface area contributed by atoms with Gasteiger partial charge in [0.05, 0.1) is 6.10 Å². The van der Waals surface area contributed by atoms with Gasteiger partial charge in [0.25, 0.3) is 0 Å². The van der Waals surface area contributed by atoms with E-state index in [1.807, 2.05) is 41.5 Å². The standard InChI is InChI=1S/C21H35FN2O5Si/c1-12(2)28-21(27)24-18(17-16(22)10-9-11-23-17)19(20(25)26)29-30(13(3)4,14(5)6)15(7)8/h9-15,18-19H,1-8H3,(H,24,27)(H,25,26)/t18-,19+/m0/s1. The van der Waals surface area contributed by atoms with Crippen molar-refractivity contribution in [2.24, 2.45) is 0 Å². The summed E-state index contributed by atoms with van der Waals surface area (Å²) in [5.74, 6) is -2.03. The van der Waals surface area contributed by atoms with Crippen molar-refractivity contribution in [3.63, 3.8) is 0 Å². The first-order valence-corrected chi connectivity index (χ1v) is 12.5. The number of ether oxygens (including phenoxy) is 1. The Morgan fingerprint density at radius 3 is 2.00 bits per heavy atom. The van der Waals surface area contributed by atoms with Crippen LogP contribution in [0.2, 0.25) is 16.6 Å². The van der Waals surface area contributed by atoms with Gasteiger partial charge in [-0.2, -0.15) is 0 Å². The summed E-state index contributed by atoms with van der Waals surface area (Å²) in [5.41, 5.74) is 0.0772. The molecule has 2 atom stereocenters. The summed E-state index contributed by atoms with van der Waals surface area (Å²) in [6.45, 7) is 15.4. The van der Waals surface area contributed by atoms with E-state index >= 15 is 0 Å². The van der Waals surface area contributed by atoms with E-state index in [2.05, 4.69) is 10.3 Å². The third-order valence-corrected chi connectivity index (χ3v) is 11.4. The van der Waals surface area contributed by atoms with Gasteiger partial charge in [-0.05, 0) is 42.6 Å². The molecule has 0 radical (unpaired) electrons. The number of pyridine rings is 1. The lowest BCUT2D eigenvalue weighted by molar-refractivity contribution is -0.147. The quantitative estimate of drug-likeness (QED) is 0.493. The van der Waals surface area contributed by atoms with Crippen LogP contribution in [-0.4, -0.2) is 42.7 Å². The first kappa shape index (κ1) is 26.0. The van der Waals surface area contributed by atoms with E-state index in [0.717, 1.165) is 0 Å². The highest BCUT2D eigenvalue weighted by Crippen LogP contribution is 2.44. The Labute approximate surface area is 179 Å². The number of aliphatic carboxylic acids is 1. The van der Waals surface area contributed by atoms with Gasteiger partial charge in [0.1, 0.15) is 17.6 Å². The average Bonchev–Trinajstić information content (AvgIpc) is 2.59. The first-order chi connectivity index (χ1) is 13.8. The van der Waals surface area contributed by atoms with Crippen molar-refractivity contribution in [1.82, 2.24) is 10.3 Å². The normalized spacial score (nSPS) is 14.3. The van der Waals surface area contributed by atoms with Crippen LogP contribution < -0.4 is 5.32 Å². The highest BCUT2D eigenvalue weighted by molar-refractivity contribution is 6.77. The van der Waals surface area contributed by atoms with Gasteiger partial charge < -0.3 is 19.6 Å². The van der Waals surface area contributed by atoms with Crippen molar-refractivity contribution in [3.8, 4) is 0 Å². The molecule has 7 nitrogen and oxygen atoms in total. The van der Waals surface area contributed by atoms with Crippen LogP contribution in [0, 0.1) is 5.82 Å². The van der Waals surface area contributed by atoms with E-state index < -0.39 is 44.4 Å². The highest BCUT2D eigenvalue weighted by Gasteiger charge is 2.50. The van der Waals surface area contributed by atoms with Crippen LogP contribution in [0.3, 0.4) is 0 Å². The molecule has 0 unspecified atom stereocenters. The number of nitrogens with zero attached hydrogens (tertiary/aromatic N) is 1. The maximum absolute atomic E-state index is 14.6. The van der Waals surface area contributed by atoms with Gasteiger partial charge in [-0.1, -0.05) is 41.5 Å². The van der Waals surface area contributed by atoms with Gasteiger partial charge in [0, 0.05) is 6.20 Å². The van der Waals surface area contributed by atoms with Gasteiger partial charge in [-0.25, -0.2) is 14.0 Å². The zero-order valence-corrected chi connectivity index (χ0v) is 20.1. The maximum Gasteiger partial charge on any atom is 0.408 e. The summed E-state index contributed by atoms with van der Waals surface area (Å²) in [7, 11) is -2.67. The molecule has 9 heteroatoms. The van der Waals surface area contributed by atoms with Crippen LogP contribution in [0.1, 0.15) is 67.1 Å². The molecule has 1 aromatic heterocycles. The van der Waals surface area contributed by atoms with Crippen molar-refractivity contribution in [3.05, 3.63) is 29.8 Å². The van der Waals surface area contributed by atoms with Crippen LogP contribution in [0.5, 0.6) is 0 Å². The fraction of sp³-hybridized carbons (Fsp3) is 0.667. The van der Waals surface area contributed by atoms with Crippen LogP contribution in [0.15, 0.2) is 18.3 Å². The number of hydrogen-bond acceptors (Lipinski definition) is 5. The van der Waals surface area contributed by atoms with Crippen molar-refractivity contribution < 1.29 is 28.2 Å². The highest BCUT2D eigenvalue weighted by atomic mass is 28.4. The number of carbonyl (C=O) groups excluding carboxylic acids is 1. The summed E-state index contributed by atoms with van der Waals surface area (Å²) < 4.78 is 26.1. The number of nitrogens with one attached hydrogen (secondary N) is 1. The summed E-state index contributed by atoms with van der Waals surface area (Å²) in [6, 6.07) is 1.22. The molecule has 0 aliphatic carbocycles. The van der Waals surface area contributed by atoms with Crippen molar-refractivity contribution in [1.29, 1.82) is 0 Å². The number of halogens is 1. The van der Waals surface area contributed by atoms with Crippen molar-refractivity contribution in [2.75, 3.05) is 0 Å². The molecule has 0 fully saturated rings. The molecule has 0 saturated carbocycles. The molecule has 0 spiro atoms. The molecular weight excluding hydrogens is 407 g/mol. The molecule has 0 aliphatic heterocycles. The summed E-state index contributed by atoms with van der Waals surface area (Å²) in [5, 5.41) is 12.5. The topological polar surface area (TPSA) is 97.8 Å². The van der Waals surface area contributed by atoms with Crippen molar-refractivity contribution in [2.45, 2.75) is 90.3 Å². The Hall–Kier alpha value is -2.00. The molecule has 1 heterocycles. The maximum atomic E-state index is 14.6. The second-order valence-electron chi connectivity index (χ2n) is 8.64. The van der Waals surface area contributed by atoms with Crippen LogP contribution in [-0.2, 0) is 14.0 Å². The number of carboxylic acids is 1. The molecule has 1 rings (SSSR count). The lowest BCUT2D eigenvalue weighted by Gasteiger charge is -2.44. The molecule has 0 bridgehead atoms. The molecule has 1 aromatic rings. The number of carboxylic acid groups (broad SMARTS) is 1. The Bertz CT molecular complexity index is 705. The minimum absolute atomic E-state index is 0.0937. The molecule has 0 aliphatic rings. The van der Waals surface area contributed by atoms with Crippen molar-refractivity contribution >= 4 is 20.4 Å². The van der Waals surface area contributed by atoms with E-state index in [1.54, 1.807) is 13.8 Å². The number of carbonyl (C=O) groups is 2. The number of hydrogen-bond donors (Lipinski definition) is 2. The minimum atomic E-state index is -2.67. The van der Waals surface area contributed by atoms with E-state index in [0.29, 0.717) is 0 Å². The Kier molecular flexibility index (Phi) is 9.42. The lowest BCUT2D eigenvalue weighted by atomic mass is 10.1. The van der Waals surface area contributed by atoms with Gasteiger partial charge >= 0.3 is 12.1 Å². The Morgan fingerprint density at radius 2 is 1.60 bits per heavy atom. The number of alkyl carbamates (subject to hydrolysis) is 1. The average molecular weight is 443 g/mol. The third-order valence-electron chi connectivity index (χ3n) is 5.28. The van der Waals surface area contributed by atoms with E-state index in [4.69, 9.17) is 9.16 Å². The molecular formula is C21H35FN2O5Si. The van der Waals surface area contributed by atoms with Crippen LogP contribution >= 0.6 is 0 Å². The summed E-state index contributed by atoms with van der Waals surface area (Å²) >= 11 is 0.